The van der Waals surface area contributed by atoms with Gasteiger partial charge in [0.25, 0.3) is 0 Å². The minimum absolute atomic E-state index is 0.0396. The second-order valence-electron chi connectivity index (χ2n) is 15.7. The molecule has 5 fully saturated rings. The highest BCUT2D eigenvalue weighted by atomic mass is 35.5. The van der Waals surface area contributed by atoms with Gasteiger partial charge in [0, 0.05) is 12.8 Å². The van der Waals surface area contributed by atoms with Gasteiger partial charge in [0.05, 0.1) is 18.5 Å². The Balaban J connectivity index is 0.936. The predicted molar refractivity (Wildman–Crippen MR) is 174 cm³/mol. The maximum atomic E-state index is 12.9. The summed E-state index contributed by atoms with van der Waals surface area (Å²) in [5.74, 6) is 4.53. The molecular formula is C35H48ClN5O6. The summed E-state index contributed by atoms with van der Waals surface area (Å²) in [6.07, 6.45) is 15.1. The molecule has 47 heavy (non-hydrogen) atoms. The quantitative estimate of drug-likeness (QED) is 0.188. The lowest BCUT2D eigenvalue weighted by Gasteiger charge is -2.62. The molecule has 0 aromatic carbocycles. The Morgan fingerprint density at radius 1 is 1.13 bits per heavy atom. The summed E-state index contributed by atoms with van der Waals surface area (Å²) < 4.78 is 13.3. The van der Waals surface area contributed by atoms with Gasteiger partial charge in [-0.25, -0.2) is 4.98 Å². The van der Waals surface area contributed by atoms with Gasteiger partial charge in [-0.2, -0.15) is 9.97 Å². The Morgan fingerprint density at radius 3 is 2.68 bits per heavy atom. The number of ether oxygens (including phenoxy) is 2. The number of fused-ring (bicyclic) bond motifs is 6. The van der Waals surface area contributed by atoms with Crippen LogP contribution in [0, 0.1) is 52.8 Å². The van der Waals surface area contributed by atoms with E-state index in [4.69, 9.17) is 33.2 Å². The number of terminal acetylenes is 1. The molecule has 5 aliphatic rings. The smallest absolute Gasteiger partial charge is 0.305 e. The molecule has 4 aliphatic carbocycles. The number of esters is 1. The number of halogens is 1. The van der Waals surface area contributed by atoms with Gasteiger partial charge in [0.15, 0.2) is 17.1 Å². The fraction of sp³-hybridized carbons (Fsp3) is 0.771. The number of hydrogen-bond acceptors (Lipinski definition) is 10. The number of imidazole rings is 1. The lowest BCUT2D eigenvalue weighted by atomic mass is 9.44. The molecule has 5 N–H and O–H groups in total. The van der Waals surface area contributed by atoms with Gasteiger partial charge < -0.3 is 30.5 Å². The lowest BCUT2D eigenvalue weighted by molar-refractivity contribution is -0.172. The normalized spacial score (nSPS) is 42.8. The first-order chi connectivity index (χ1) is 22.4. The molecule has 1 aliphatic heterocycles. The van der Waals surface area contributed by atoms with Crippen molar-refractivity contribution < 1.29 is 29.6 Å². The number of aromatic nitrogens is 4. The number of hydrogen-bond donors (Lipinski definition) is 4. The van der Waals surface area contributed by atoms with Crippen LogP contribution in [0.1, 0.15) is 97.1 Å². The molecule has 11 nitrogen and oxygen atoms in total. The predicted octanol–water partition coefficient (Wildman–Crippen LogP) is 4.42. The Hall–Kier alpha value is -2.49. The van der Waals surface area contributed by atoms with Crippen LogP contribution in [-0.2, 0) is 14.3 Å². The Labute approximate surface area is 281 Å². The highest BCUT2D eigenvalue weighted by Crippen LogP contribution is 2.68. The number of carbonyl (C=O) groups is 1. The van der Waals surface area contributed by atoms with E-state index in [1.54, 1.807) is 4.57 Å². The molecule has 12 heteroatoms. The van der Waals surface area contributed by atoms with Crippen molar-refractivity contribution in [1.29, 1.82) is 0 Å². The van der Waals surface area contributed by atoms with E-state index >= 15 is 0 Å². The van der Waals surface area contributed by atoms with E-state index in [1.165, 1.54) is 6.33 Å². The molecule has 256 valence electrons. The summed E-state index contributed by atoms with van der Waals surface area (Å²) >= 11 is 6.00. The third-order valence-electron chi connectivity index (χ3n) is 13.5. The Kier molecular flexibility index (Phi) is 8.52. The van der Waals surface area contributed by atoms with Crippen molar-refractivity contribution in [2.24, 2.45) is 40.4 Å². The first kappa shape index (κ1) is 33.0. The third kappa shape index (κ3) is 5.43. The SMILES string of the molecule is C#C[C@]1(COC(=O)CCC[C@H]2CC[C@H]3[C@@H]4[C@@H](O)C[C@@H]5C[C@H](O)CC[C@]5(C)[C@H]4CC[C@]23C)O[C@@H](n2cnc3c(N)nc(Cl)nc32)C[C@@H]1O. The van der Waals surface area contributed by atoms with E-state index in [1.807, 2.05) is 0 Å². The van der Waals surface area contributed by atoms with Crippen molar-refractivity contribution in [2.75, 3.05) is 12.3 Å². The molecule has 0 unspecified atom stereocenters. The fourth-order valence-electron chi connectivity index (χ4n) is 10.9. The highest BCUT2D eigenvalue weighted by Gasteiger charge is 2.62. The number of nitrogens with zero attached hydrogens (tertiary/aromatic N) is 4. The van der Waals surface area contributed by atoms with E-state index in [0.717, 1.165) is 57.8 Å². The first-order valence-electron chi connectivity index (χ1n) is 17.4. The second kappa shape index (κ2) is 12.1. The van der Waals surface area contributed by atoms with Crippen molar-refractivity contribution in [3.63, 3.8) is 0 Å². The number of nitrogen functional groups attached to an aromatic ring is 1. The number of nitrogens with two attached hydrogens (primary N) is 1. The fourth-order valence-corrected chi connectivity index (χ4v) is 11.1. The number of aliphatic hydroxyl groups is 3. The van der Waals surface area contributed by atoms with E-state index in [0.29, 0.717) is 47.2 Å². The number of rotatable bonds is 7. The number of aliphatic hydroxyl groups excluding tert-OH is 3. The van der Waals surface area contributed by atoms with Gasteiger partial charge in [-0.1, -0.05) is 19.8 Å². The zero-order valence-electron chi connectivity index (χ0n) is 27.4. The topological polar surface area (TPSA) is 166 Å². The average molecular weight is 670 g/mol. The van der Waals surface area contributed by atoms with Gasteiger partial charge in [0.1, 0.15) is 24.5 Å². The van der Waals surface area contributed by atoms with Crippen LogP contribution in [0.4, 0.5) is 5.82 Å². The zero-order chi connectivity index (χ0) is 33.3. The van der Waals surface area contributed by atoms with E-state index in [9.17, 15) is 20.1 Å². The molecule has 1 saturated heterocycles. The van der Waals surface area contributed by atoms with Crippen LogP contribution in [0.15, 0.2) is 6.33 Å². The van der Waals surface area contributed by atoms with Crippen LogP contribution in [0.25, 0.3) is 11.2 Å². The molecule has 0 bridgehead atoms. The molecule has 0 amide bonds. The van der Waals surface area contributed by atoms with Gasteiger partial charge in [-0.05, 0) is 116 Å². The largest absolute Gasteiger partial charge is 0.461 e. The molecule has 4 saturated carbocycles. The first-order valence-corrected chi connectivity index (χ1v) is 17.8. The van der Waals surface area contributed by atoms with Gasteiger partial charge in [-0.15, -0.1) is 6.42 Å². The molecule has 0 spiro atoms. The minimum atomic E-state index is -1.52. The third-order valence-corrected chi connectivity index (χ3v) is 13.7. The summed E-state index contributed by atoms with van der Waals surface area (Å²) in [4.78, 5) is 25.3. The molecule has 3 heterocycles. The summed E-state index contributed by atoms with van der Waals surface area (Å²) in [5, 5.41) is 32.7. The van der Waals surface area contributed by atoms with Crippen LogP contribution in [0.5, 0.6) is 0 Å². The lowest BCUT2D eigenvalue weighted by Crippen LogP contribution is -2.58. The van der Waals surface area contributed by atoms with E-state index < -0.39 is 17.9 Å². The van der Waals surface area contributed by atoms with E-state index in [-0.39, 0.29) is 59.6 Å². The molecule has 2 aromatic heterocycles. The van der Waals surface area contributed by atoms with Crippen molar-refractivity contribution in [3.05, 3.63) is 11.6 Å². The maximum absolute atomic E-state index is 12.9. The maximum Gasteiger partial charge on any atom is 0.305 e. The minimum Gasteiger partial charge on any atom is -0.461 e. The number of carbonyl (C=O) groups excluding carboxylic acids is 1. The molecule has 0 radical (unpaired) electrons. The summed E-state index contributed by atoms with van der Waals surface area (Å²) in [6.45, 7) is 4.60. The molecule has 7 rings (SSSR count). The zero-order valence-corrected chi connectivity index (χ0v) is 28.1. The highest BCUT2D eigenvalue weighted by molar-refractivity contribution is 6.28. The second-order valence-corrected chi connectivity index (χ2v) is 16.0. The van der Waals surface area contributed by atoms with Crippen LogP contribution in [0.2, 0.25) is 5.28 Å². The summed E-state index contributed by atoms with van der Waals surface area (Å²) in [7, 11) is 0. The summed E-state index contributed by atoms with van der Waals surface area (Å²) in [5.41, 5.74) is 5.49. The molecular weight excluding hydrogens is 622 g/mol. The average Bonchev–Trinajstić information content (AvgIpc) is 3.70. The van der Waals surface area contributed by atoms with E-state index in [2.05, 4.69) is 34.7 Å². The molecule has 12 atom stereocenters. The van der Waals surface area contributed by atoms with Crippen molar-refractivity contribution in [1.82, 2.24) is 19.5 Å². The monoisotopic (exact) mass is 669 g/mol. The standard InChI is InChI=1S/C35H48ClN5O6/c1-4-35(25(44)16-26(47-35)41-18-38-29-30(37)39-32(36)40-31(29)41)17-46-27(45)7-5-6-19-8-9-22-28-23(11-13-33(19,22)2)34(3)12-10-21(42)14-20(34)15-24(28)43/h1,18-26,28,42-44H,5-17H2,2-3H3,(H2,37,39,40)/t19-,20-,21+,22-,23-,24-,25-,26+,28-,33+,34-,35+/m0/s1. The van der Waals surface area contributed by atoms with Crippen LogP contribution < -0.4 is 5.73 Å². The van der Waals surface area contributed by atoms with Gasteiger partial charge in [-0.3, -0.25) is 9.36 Å². The molecule has 2 aromatic rings. The Morgan fingerprint density at radius 2 is 1.89 bits per heavy atom. The van der Waals surface area contributed by atoms with Crippen molar-refractivity contribution in [2.45, 2.75) is 121 Å². The van der Waals surface area contributed by atoms with Gasteiger partial charge in [0.2, 0.25) is 5.28 Å². The van der Waals surface area contributed by atoms with Crippen LogP contribution >= 0.6 is 11.6 Å². The van der Waals surface area contributed by atoms with Crippen molar-refractivity contribution in [3.8, 4) is 12.3 Å². The van der Waals surface area contributed by atoms with Crippen LogP contribution in [0.3, 0.4) is 0 Å². The van der Waals surface area contributed by atoms with Gasteiger partial charge >= 0.3 is 5.97 Å². The van der Waals surface area contributed by atoms with Crippen LogP contribution in [-0.4, -0.2) is 71.3 Å². The summed E-state index contributed by atoms with van der Waals surface area (Å²) in [6, 6.07) is 0. The van der Waals surface area contributed by atoms with Crippen molar-refractivity contribution >= 4 is 34.6 Å². The number of anilines is 1. The Bertz CT molecular complexity index is 1560.